The number of unbranched alkanes of at least 4 members (excludes halogenated alkanes) is 2. The average molecular weight is 131 g/mol. The van der Waals surface area contributed by atoms with Gasteiger partial charge < -0.3 is 9.47 Å². The second-order valence-electron chi connectivity index (χ2n) is 1.94. The Bertz CT molecular complexity index is 40.2. The lowest BCUT2D eigenvalue weighted by Gasteiger charge is -1.99. The van der Waals surface area contributed by atoms with Crippen LogP contribution in [0.3, 0.4) is 0 Å². The standard InChI is InChI=1S/C7H15O2/c1-3-4-5-6-9-7-8-2/h2-7H2,1H3. The van der Waals surface area contributed by atoms with Crippen LogP contribution in [-0.2, 0) is 9.47 Å². The van der Waals surface area contributed by atoms with E-state index >= 15 is 0 Å². The van der Waals surface area contributed by atoms with E-state index in [1.165, 1.54) is 12.8 Å². The smallest absolute Gasteiger partial charge is 0.146 e. The van der Waals surface area contributed by atoms with Crippen LogP contribution in [-0.4, -0.2) is 13.4 Å². The average Bonchev–Trinajstić information content (AvgIpc) is 1.89. The third kappa shape index (κ3) is 7.92. The second-order valence-corrected chi connectivity index (χ2v) is 1.94. The van der Waals surface area contributed by atoms with Crippen LogP contribution < -0.4 is 0 Å². The molecule has 0 aliphatic carbocycles. The van der Waals surface area contributed by atoms with Crippen molar-refractivity contribution in [2.75, 3.05) is 13.4 Å². The third-order valence-corrected chi connectivity index (χ3v) is 1.06. The van der Waals surface area contributed by atoms with E-state index < -0.39 is 0 Å². The fourth-order valence-corrected chi connectivity index (χ4v) is 0.572. The number of ether oxygens (including phenoxy) is 2. The van der Waals surface area contributed by atoms with Crippen molar-refractivity contribution in [1.82, 2.24) is 0 Å². The highest BCUT2D eigenvalue weighted by atomic mass is 16.7. The van der Waals surface area contributed by atoms with E-state index in [2.05, 4.69) is 18.8 Å². The minimum absolute atomic E-state index is 0.323. The van der Waals surface area contributed by atoms with E-state index in [1.807, 2.05) is 0 Å². The Kier molecular flexibility index (Phi) is 7.85. The minimum Gasteiger partial charge on any atom is -0.355 e. The Morgan fingerprint density at radius 3 is 2.67 bits per heavy atom. The summed E-state index contributed by atoms with van der Waals surface area (Å²) in [4.78, 5) is 0. The molecule has 0 bridgehead atoms. The molecule has 0 fully saturated rings. The molecule has 1 radical (unpaired) electrons. The summed E-state index contributed by atoms with van der Waals surface area (Å²) < 4.78 is 9.45. The molecule has 0 spiro atoms. The molecule has 2 nitrogen and oxygen atoms in total. The van der Waals surface area contributed by atoms with Gasteiger partial charge >= 0.3 is 0 Å². The first-order chi connectivity index (χ1) is 4.41. The molecule has 0 aromatic carbocycles. The maximum Gasteiger partial charge on any atom is 0.146 e. The van der Waals surface area contributed by atoms with Crippen LogP contribution in [0.25, 0.3) is 0 Å². The van der Waals surface area contributed by atoms with Gasteiger partial charge in [-0.2, -0.15) is 0 Å². The monoisotopic (exact) mass is 131 g/mol. The Hall–Kier alpha value is -0.0800. The summed E-state index contributed by atoms with van der Waals surface area (Å²) in [6.07, 6.45) is 3.59. The zero-order valence-corrected chi connectivity index (χ0v) is 6.06. The molecule has 0 atom stereocenters. The molecule has 0 saturated carbocycles. The molecule has 0 rings (SSSR count). The van der Waals surface area contributed by atoms with Crippen LogP contribution in [0.1, 0.15) is 26.2 Å². The predicted octanol–water partition coefficient (Wildman–Crippen LogP) is 1.96. The van der Waals surface area contributed by atoms with E-state index in [0.717, 1.165) is 13.0 Å². The molecule has 0 unspecified atom stereocenters. The van der Waals surface area contributed by atoms with Gasteiger partial charge in [0.15, 0.2) is 0 Å². The Morgan fingerprint density at radius 2 is 2.11 bits per heavy atom. The van der Waals surface area contributed by atoms with Crippen molar-refractivity contribution in [2.45, 2.75) is 26.2 Å². The molecule has 9 heavy (non-hydrogen) atoms. The number of hydrogen-bond donors (Lipinski definition) is 0. The van der Waals surface area contributed by atoms with Gasteiger partial charge in [-0.1, -0.05) is 19.8 Å². The first-order valence-electron chi connectivity index (χ1n) is 3.36. The van der Waals surface area contributed by atoms with Gasteiger partial charge in [-0.3, -0.25) is 0 Å². The summed E-state index contributed by atoms with van der Waals surface area (Å²) in [5, 5.41) is 0. The van der Waals surface area contributed by atoms with E-state index in [9.17, 15) is 0 Å². The summed E-state index contributed by atoms with van der Waals surface area (Å²) in [7, 11) is 3.18. The van der Waals surface area contributed by atoms with Crippen LogP contribution in [0.15, 0.2) is 0 Å². The first kappa shape index (κ1) is 8.92. The molecule has 0 saturated heterocycles. The van der Waals surface area contributed by atoms with E-state index in [4.69, 9.17) is 4.74 Å². The molecule has 0 aromatic rings. The van der Waals surface area contributed by atoms with Crippen molar-refractivity contribution < 1.29 is 9.47 Å². The maximum atomic E-state index is 5.00. The SMILES string of the molecule is [CH2]OCOCCCCC. The topological polar surface area (TPSA) is 18.5 Å². The van der Waals surface area contributed by atoms with Crippen LogP contribution in [0.5, 0.6) is 0 Å². The van der Waals surface area contributed by atoms with Crippen molar-refractivity contribution in [3.8, 4) is 0 Å². The molecule has 0 aliphatic rings. The van der Waals surface area contributed by atoms with E-state index in [-0.39, 0.29) is 0 Å². The van der Waals surface area contributed by atoms with Gasteiger partial charge in [-0.25, -0.2) is 0 Å². The molecule has 0 aromatic heterocycles. The molecule has 55 valence electrons. The van der Waals surface area contributed by atoms with Crippen molar-refractivity contribution in [2.24, 2.45) is 0 Å². The summed E-state index contributed by atoms with van der Waals surface area (Å²) in [6.45, 7) is 3.28. The highest BCUT2D eigenvalue weighted by Crippen LogP contribution is 1.93. The number of hydrogen-bond acceptors (Lipinski definition) is 2. The Morgan fingerprint density at radius 1 is 1.33 bits per heavy atom. The molecular weight excluding hydrogens is 116 g/mol. The van der Waals surface area contributed by atoms with Crippen LogP contribution in [0, 0.1) is 7.11 Å². The molecular formula is C7H15O2. The molecule has 0 N–H and O–H groups in total. The minimum atomic E-state index is 0.323. The second kappa shape index (κ2) is 7.92. The summed E-state index contributed by atoms with van der Waals surface area (Å²) in [5.41, 5.74) is 0. The van der Waals surface area contributed by atoms with Gasteiger partial charge in [0.25, 0.3) is 0 Å². The maximum absolute atomic E-state index is 5.00. The van der Waals surface area contributed by atoms with Gasteiger partial charge in [-0.05, 0) is 6.42 Å². The van der Waals surface area contributed by atoms with E-state index in [0.29, 0.717) is 6.79 Å². The van der Waals surface area contributed by atoms with Crippen LogP contribution in [0.2, 0.25) is 0 Å². The number of rotatable bonds is 6. The summed E-state index contributed by atoms with van der Waals surface area (Å²) in [5.74, 6) is 0. The molecule has 0 aliphatic heterocycles. The van der Waals surface area contributed by atoms with Gasteiger partial charge in [0.1, 0.15) is 6.79 Å². The Labute approximate surface area is 57.2 Å². The normalized spacial score (nSPS) is 10.0. The van der Waals surface area contributed by atoms with Crippen molar-refractivity contribution in [3.63, 3.8) is 0 Å². The van der Waals surface area contributed by atoms with Gasteiger partial charge in [-0.15, -0.1) is 0 Å². The molecule has 0 amide bonds. The fraction of sp³-hybridized carbons (Fsp3) is 0.857. The van der Waals surface area contributed by atoms with Crippen molar-refractivity contribution >= 4 is 0 Å². The highest BCUT2D eigenvalue weighted by molar-refractivity contribution is 4.33. The van der Waals surface area contributed by atoms with Crippen molar-refractivity contribution in [3.05, 3.63) is 7.11 Å². The highest BCUT2D eigenvalue weighted by Gasteiger charge is 1.84. The third-order valence-electron chi connectivity index (χ3n) is 1.06. The van der Waals surface area contributed by atoms with Crippen LogP contribution in [0.4, 0.5) is 0 Å². The zero-order chi connectivity index (χ0) is 6.95. The zero-order valence-electron chi connectivity index (χ0n) is 6.06. The fourth-order valence-electron chi connectivity index (χ4n) is 0.572. The van der Waals surface area contributed by atoms with Gasteiger partial charge in [0.05, 0.1) is 7.11 Å². The predicted molar refractivity (Wildman–Crippen MR) is 36.8 cm³/mol. The molecule has 2 heteroatoms. The van der Waals surface area contributed by atoms with Gasteiger partial charge in [0, 0.05) is 6.61 Å². The lowest BCUT2D eigenvalue weighted by molar-refractivity contribution is -0.0155. The largest absolute Gasteiger partial charge is 0.355 e. The Balaban J connectivity index is 2.60. The van der Waals surface area contributed by atoms with Crippen LogP contribution >= 0.6 is 0 Å². The van der Waals surface area contributed by atoms with Crippen molar-refractivity contribution in [1.29, 1.82) is 0 Å². The van der Waals surface area contributed by atoms with E-state index in [1.54, 1.807) is 0 Å². The summed E-state index contributed by atoms with van der Waals surface area (Å²) in [6, 6.07) is 0. The molecule has 0 heterocycles. The van der Waals surface area contributed by atoms with Gasteiger partial charge in [0.2, 0.25) is 0 Å². The quantitative estimate of drug-likeness (QED) is 0.405. The first-order valence-corrected chi connectivity index (χ1v) is 3.36. The summed E-state index contributed by atoms with van der Waals surface area (Å²) >= 11 is 0. The lowest BCUT2D eigenvalue weighted by atomic mass is 10.3. The lowest BCUT2D eigenvalue weighted by Crippen LogP contribution is -1.96.